The Morgan fingerprint density at radius 2 is 2.17 bits per heavy atom. The van der Waals surface area contributed by atoms with Crippen molar-refractivity contribution in [2.24, 2.45) is 0 Å². The summed E-state index contributed by atoms with van der Waals surface area (Å²) < 4.78 is 31.0. The van der Waals surface area contributed by atoms with Crippen LogP contribution in [0, 0.1) is 0 Å². The summed E-state index contributed by atoms with van der Waals surface area (Å²) in [6.07, 6.45) is 0.482. The minimum Gasteiger partial charge on any atom is -0.399 e. The lowest BCUT2D eigenvalue weighted by Crippen LogP contribution is -2.29. The fourth-order valence-electron chi connectivity index (χ4n) is 1.62. The first kappa shape index (κ1) is 14.9. The van der Waals surface area contributed by atoms with Gasteiger partial charge < -0.3 is 10.5 Å². The molecular formula is C12H20N2O3S. The van der Waals surface area contributed by atoms with Crippen LogP contribution < -0.4 is 10.5 Å². The summed E-state index contributed by atoms with van der Waals surface area (Å²) in [5.74, 6) is 0.0630. The van der Waals surface area contributed by atoms with Crippen LogP contribution in [0.4, 0.5) is 5.69 Å². The third kappa shape index (κ3) is 5.03. The Morgan fingerprint density at radius 3 is 2.78 bits per heavy atom. The minimum absolute atomic E-state index is 0.0630. The Kier molecular flexibility index (Phi) is 5.58. The zero-order valence-electron chi connectivity index (χ0n) is 10.7. The highest BCUT2D eigenvalue weighted by molar-refractivity contribution is 7.89. The molecule has 0 spiro atoms. The van der Waals surface area contributed by atoms with Gasteiger partial charge in [-0.25, -0.2) is 13.1 Å². The first-order valence-electron chi connectivity index (χ1n) is 5.79. The maximum Gasteiger partial charge on any atom is 0.212 e. The molecule has 3 N–H and O–H groups in total. The first-order valence-corrected chi connectivity index (χ1v) is 7.44. The van der Waals surface area contributed by atoms with Crippen LogP contribution in [-0.2, 0) is 14.8 Å². The summed E-state index contributed by atoms with van der Waals surface area (Å²) in [5.41, 5.74) is 7.14. The van der Waals surface area contributed by atoms with Gasteiger partial charge in [0.1, 0.15) is 0 Å². The molecule has 0 aromatic heterocycles. The van der Waals surface area contributed by atoms with E-state index in [1.165, 1.54) is 0 Å². The van der Waals surface area contributed by atoms with Crippen molar-refractivity contribution < 1.29 is 13.2 Å². The molecule has 0 aliphatic heterocycles. The average Bonchev–Trinajstić information content (AvgIpc) is 2.28. The molecule has 1 atom stereocenters. The van der Waals surface area contributed by atoms with Gasteiger partial charge in [-0.1, -0.05) is 12.1 Å². The van der Waals surface area contributed by atoms with Gasteiger partial charge in [-0.05, 0) is 31.0 Å². The van der Waals surface area contributed by atoms with E-state index in [-0.39, 0.29) is 11.8 Å². The number of sulfonamides is 1. The van der Waals surface area contributed by atoms with Crippen LogP contribution in [0.25, 0.3) is 0 Å². The van der Waals surface area contributed by atoms with Crippen molar-refractivity contribution in [3.63, 3.8) is 0 Å². The third-order valence-electron chi connectivity index (χ3n) is 2.53. The van der Waals surface area contributed by atoms with Crippen LogP contribution in [0.15, 0.2) is 24.3 Å². The predicted octanol–water partition coefficient (Wildman–Crippen LogP) is 1.29. The van der Waals surface area contributed by atoms with Crippen LogP contribution in [0.2, 0.25) is 0 Å². The van der Waals surface area contributed by atoms with Crippen LogP contribution >= 0.6 is 0 Å². The second-order valence-corrected chi connectivity index (χ2v) is 6.05. The predicted molar refractivity (Wildman–Crippen MR) is 72.7 cm³/mol. The van der Waals surface area contributed by atoms with Crippen molar-refractivity contribution in [1.29, 1.82) is 0 Å². The van der Waals surface area contributed by atoms with Crippen molar-refractivity contribution >= 4 is 15.7 Å². The molecule has 0 saturated carbocycles. The topological polar surface area (TPSA) is 81.4 Å². The first-order chi connectivity index (χ1) is 8.44. The number of nitrogen functional groups attached to an aromatic ring is 1. The van der Waals surface area contributed by atoms with E-state index < -0.39 is 10.0 Å². The largest absolute Gasteiger partial charge is 0.399 e. The van der Waals surface area contributed by atoms with Gasteiger partial charge in [-0.3, -0.25) is 0 Å². The normalized spacial score (nSPS) is 13.4. The van der Waals surface area contributed by atoms with Gasteiger partial charge in [0.25, 0.3) is 0 Å². The number of methoxy groups -OCH3 is 1. The number of hydrogen-bond donors (Lipinski definition) is 2. The van der Waals surface area contributed by atoms with E-state index in [0.29, 0.717) is 18.7 Å². The number of hydrogen-bond acceptors (Lipinski definition) is 4. The maximum atomic E-state index is 11.8. The molecule has 0 bridgehead atoms. The molecule has 0 aliphatic carbocycles. The molecule has 0 fully saturated rings. The van der Waals surface area contributed by atoms with Gasteiger partial charge in [-0.15, -0.1) is 0 Å². The second-order valence-electron chi connectivity index (χ2n) is 4.17. The lowest BCUT2D eigenvalue weighted by atomic mass is 10.1. The Morgan fingerprint density at radius 1 is 1.44 bits per heavy atom. The van der Waals surface area contributed by atoms with Crippen LogP contribution in [0.5, 0.6) is 0 Å². The molecule has 0 saturated heterocycles. The summed E-state index contributed by atoms with van der Waals surface area (Å²) >= 11 is 0. The van der Waals surface area contributed by atoms with E-state index in [2.05, 4.69) is 4.72 Å². The molecule has 0 amide bonds. The summed E-state index contributed by atoms with van der Waals surface area (Å²) in [6, 6.07) is 6.89. The Bertz CT molecular complexity index is 474. The van der Waals surface area contributed by atoms with Gasteiger partial charge in [0.2, 0.25) is 10.0 Å². The zero-order valence-corrected chi connectivity index (χ0v) is 11.5. The molecule has 18 heavy (non-hydrogen) atoms. The van der Waals surface area contributed by atoms with E-state index in [0.717, 1.165) is 5.56 Å². The lowest BCUT2D eigenvalue weighted by Gasteiger charge is -2.15. The van der Waals surface area contributed by atoms with Gasteiger partial charge in [0.05, 0.1) is 5.75 Å². The second kappa shape index (κ2) is 6.72. The molecule has 5 nitrogen and oxygen atoms in total. The zero-order chi connectivity index (χ0) is 13.6. The third-order valence-corrected chi connectivity index (χ3v) is 4.07. The Labute approximate surface area is 108 Å². The van der Waals surface area contributed by atoms with Crippen molar-refractivity contribution in [2.45, 2.75) is 19.4 Å². The molecule has 1 aromatic rings. The van der Waals surface area contributed by atoms with Gasteiger partial charge in [-0.2, -0.15) is 0 Å². The quantitative estimate of drug-likeness (QED) is 0.579. The van der Waals surface area contributed by atoms with Crippen LogP contribution in [0.1, 0.15) is 24.9 Å². The molecule has 102 valence electrons. The number of ether oxygens (including phenoxy) is 1. The van der Waals surface area contributed by atoms with Crippen molar-refractivity contribution in [1.82, 2.24) is 4.72 Å². The highest BCUT2D eigenvalue weighted by Gasteiger charge is 2.15. The van der Waals surface area contributed by atoms with Gasteiger partial charge in [0, 0.05) is 25.4 Å². The Balaban J connectivity index is 2.61. The maximum absolute atomic E-state index is 11.8. The summed E-state index contributed by atoms with van der Waals surface area (Å²) in [6.45, 7) is 2.23. The summed E-state index contributed by atoms with van der Waals surface area (Å²) in [4.78, 5) is 0. The fraction of sp³-hybridized carbons (Fsp3) is 0.500. The SMILES string of the molecule is COCCCS(=O)(=O)NC(C)c1cccc(N)c1. The fourth-order valence-corrected chi connectivity index (χ4v) is 2.91. The van der Waals surface area contributed by atoms with Gasteiger partial charge in [0.15, 0.2) is 0 Å². The lowest BCUT2D eigenvalue weighted by molar-refractivity contribution is 0.199. The van der Waals surface area contributed by atoms with Crippen LogP contribution in [-0.4, -0.2) is 27.9 Å². The Hall–Kier alpha value is -1.11. The van der Waals surface area contributed by atoms with E-state index in [4.69, 9.17) is 10.5 Å². The number of nitrogens with two attached hydrogens (primary N) is 1. The van der Waals surface area contributed by atoms with Crippen molar-refractivity contribution in [3.05, 3.63) is 29.8 Å². The van der Waals surface area contributed by atoms with E-state index in [1.54, 1.807) is 32.2 Å². The average molecular weight is 272 g/mol. The standard InChI is InChI=1S/C12H20N2O3S/c1-10(11-5-3-6-12(13)9-11)14-18(15,16)8-4-7-17-2/h3,5-6,9-10,14H,4,7-8,13H2,1-2H3. The number of benzene rings is 1. The highest BCUT2D eigenvalue weighted by Crippen LogP contribution is 2.16. The molecule has 0 radical (unpaired) electrons. The molecule has 1 rings (SSSR count). The monoisotopic (exact) mass is 272 g/mol. The summed E-state index contributed by atoms with van der Waals surface area (Å²) in [5, 5.41) is 0. The number of rotatable bonds is 7. The van der Waals surface area contributed by atoms with E-state index >= 15 is 0 Å². The van der Waals surface area contributed by atoms with Gasteiger partial charge >= 0.3 is 0 Å². The van der Waals surface area contributed by atoms with Crippen molar-refractivity contribution in [3.8, 4) is 0 Å². The molecule has 0 heterocycles. The minimum atomic E-state index is -3.28. The highest BCUT2D eigenvalue weighted by atomic mass is 32.2. The molecule has 0 aliphatic rings. The van der Waals surface area contributed by atoms with Crippen LogP contribution in [0.3, 0.4) is 0 Å². The molecule has 1 aromatic carbocycles. The van der Waals surface area contributed by atoms with E-state index in [1.807, 2.05) is 6.07 Å². The molecule has 1 unspecified atom stereocenters. The molecule has 6 heteroatoms. The molecular weight excluding hydrogens is 252 g/mol. The summed E-state index contributed by atoms with van der Waals surface area (Å²) in [7, 11) is -1.73. The number of anilines is 1. The number of nitrogens with one attached hydrogen (secondary N) is 1. The van der Waals surface area contributed by atoms with Crippen molar-refractivity contribution in [2.75, 3.05) is 25.2 Å². The smallest absolute Gasteiger partial charge is 0.212 e. The van der Waals surface area contributed by atoms with E-state index in [9.17, 15) is 8.42 Å².